The van der Waals surface area contributed by atoms with Gasteiger partial charge in [0, 0.05) is 25.5 Å². The first-order chi connectivity index (χ1) is 11.9. The number of nitrogens with one attached hydrogen (secondary N) is 1. The summed E-state index contributed by atoms with van der Waals surface area (Å²) in [6, 6.07) is 14.7. The molecule has 132 valence electrons. The zero-order valence-corrected chi connectivity index (χ0v) is 15.1. The summed E-state index contributed by atoms with van der Waals surface area (Å²) in [4.78, 5) is 26.4. The molecule has 0 aliphatic heterocycles. The largest absolute Gasteiger partial charge is 0.449 e. The zero-order valence-electron chi connectivity index (χ0n) is 15.1. The molecule has 0 saturated carbocycles. The summed E-state index contributed by atoms with van der Waals surface area (Å²) in [5.74, 6) is -0.881. The van der Waals surface area contributed by atoms with E-state index in [1.54, 1.807) is 25.1 Å². The van der Waals surface area contributed by atoms with Crippen LogP contribution in [0.4, 0.5) is 11.4 Å². The molecule has 0 saturated heterocycles. The number of benzene rings is 2. The van der Waals surface area contributed by atoms with Crippen LogP contribution in [0.15, 0.2) is 48.5 Å². The van der Waals surface area contributed by atoms with E-state index in [0.29, 0.717) is 11.3 Å². The first-order valence-corrected chi connectivity index (χ1v) is 8.29. The van der Waals surface area contributed by atoms with Gasteiger partial charge < -0.3 is 15.0 Å². The lowest BCUT2D eigenvalue weighted by Crippen LogP contribution is -2.30. The van der Waals surface area contributed by atoms with Gasteiger partial charge in [-0.2, -0.15) is 0 Å². The van der Waals surface area contributed by atoms with Crippen molar-refractivity contribution in [3.8, 4) is 0 Å². The Hall–Kier alpha value is -2.82. The van der Waals surface area contributed by atoms with Crippen molar-refractivity contribution in [3.63, 3.8) is 0 Å². The average Bonchev–Trinajstić information content (AvgIpc) is 2.62. The standard InChI is InChI=1S/C20H24N2O3/c1-5-15-9-11-17(12-10-15)21-19(23)14(2)25-20(24)16-7-6-8-18(13-16)22(3)4/h6-14H,5H2,1-4H3,(H,21,23)/t14-/m1/s1. The van der Waals surface area contributed by atoms with Gasteiger partial charge in [0.2, 0.25) is 0 Å². The first-order valence-electron chi connectivity index (χ1n) is 8.29. The third-order valence-corrected chi connectivity index (χ3v) is 3.88. The van der Waals surface area contributed by atoms with Gasteiger partial charge in [0.15, 0.2) is 6.10 Å². The van der Waals surface area contributed by atoms with E-state index in [1.807, 2.05) is 49.3 Å². The van der Waals surface area contributed by atoms with Crippen LogP contribution in [0.3, 0.4) is 0 Å². The second-order valence-corrected chi connectivity index (χ2v) is 6.03. The zero-order chi connectivity index (χ0) is 18.4. The summed E-state index contributed by atoms with van der Waals surface area (Å²) < 4.78 is 5.28. The van der Waals surface area contributed by atoms with Crippen LogP contribution < -0.4 is 10.2 Å². The molecule has 0 bridgehead atoms. The Balaban J connectivity index is 1.97. The Kier molecular flexibility index (Phi) is 6.17. The number of amides is 1. The van der Waals surface area contributed by atoms with Crippen molar-refractivity contribution in [1.82, 2.24) is 0 Å². The fourth-order valence-electron chi connectivity index (χ4n) is 2.26. The van der Waals surface area contributed by atoms with E-state index >= 15 is 0 Å². The number of aryl methyl sites for hydroxylation is 1. The number of nitrogens with zero attached hydrogens (tertiary/aromatic N) is 1. The minimum absolute atomic E-state index is 0.360. The summed E-state index contributed by atoms with van der Waals surface area (Å²) in [5, 5.41) is 2.76. The van der Waals surface area contributed by atoms with Gasteiger partial charge in [-0.15, -0.1) is 0 Å². The van der Waals surface area contributed by atoms with Crippen molar-refractivity contribution >= 4 is 23.3 Å². The number of hydrogen-bond acceptors (Lipinski definition) is 4. The highest BCUT2D eigenvalue weighted by atomic mass is 16.5. The SMILES string of the molecule is CCc1ccc(NC(=O)[C@@H](C)OC(=O)c2cccc(N(C)C)c2)cc1. The Morgan fingerprint density at radius 1 is 1.12 bits per heavy atom. The van der Waals surface area contributed by atoms with Gasteiger partial charge in [-0.05, 0) is 49.2 Å². The highest BCUT2D eigenvalue weighted by molar-refractivity contribution is 5.97. The topological polar surface area (TPSA) is 58.6 Å². The van der Waals surface area contributed by atoms with Gasteiger partial charge in [-0.25, -0.2) is 4.79 Å². The lowest BCUT2D eigenvalue weighted by molar-refractivity contribution is -0.123. The lowest BCUT2D eigenvalue weighted by atomic mass is 10.1. The van der Waals surface area contributed by atoms with E-state index in [-0.39, 0.29) is 5.91 Å². The number of ether oxygens (including phenoxy) is 1. The molecule has 0 fully saturated rings. The number of hydrogen-bond donors (Lipinski definition) is 1. The van der Waals surface area contributed by atoms with Crippen LogP contribution in [0.2, 0.25) is 0 Å². The molecule has 2 rings (SSSR count). The summed E-state index contributed by atoms with van der Waals surface area (Å²) >= 11 is 0. The van der Waals surface area contributed by atoms with Crippen molar-refractivity contribution in [2.24, 2.45) is 0 Å². The van der Waals surface area contributed by atoms with Crippen LogP contribution in [0.1, 0.15) is 29.8 Å². The van der Waals surface area contributed by atoms with Crippen LogP contribution in [-0.2, 0) is 16.0 Å². The normalized spacial score (nSPS) is 11.5. The quantitative estimate of drug-likeness (QED) is 0.818. The number of anilines is 2. The maximum Gasteiger partial charge on any atom is 0.338 e. The third-order valence-electron chi connectivity index (χ3n) is 3.88. The summed E-state index contributed by atoms with van der Waals surface area (Å²) in [7, 11) is 3.79. The smallest absolute Gasteiger partial charge is 0.338 e. The molecule has 1 amide bonds. The second-order valence-electron chi connectivity index (χ2n) is 6.03. The highest BCUT2D eigenvalue weighted by Gasteiger charge is 2.19. The van der Waals surface area contributed by atoms with Crippen molar-refractivity contribution in [2.75, 3.05) is 24.3 Å². The van der Waals surface area contributed by atoms with E-state index in [2.05, 4.69) is 12.2 Å². The molecule has 0 aromatic heterocycles. The Morgan fingerprint density at radius 2 is 1.80 bits per heavy atom. The van der Waals surface area contributed by atoms with Gasteiger partial charge >= 0.3 is 5.97 Å². The van der Waals surface area contributed by atoms with Crippen molar-refractivity contribution in [1.29, 1.82) is 0 Å². The molecule has 5 nitrogen and oxygen atoms in total. The maximum atomic E-state index is 12.2. The second kappa shape index (κ2) is 8.33. The van der Waals surface area contributed by atoms with E-state index < -0.39 is 12.1 Å². The predicted octanol–water partition coefficient (Wildman–Crippen LogP) is 3.50. The van der Waals surface area contributed by atoms with Crippen LogP contribution >= 0.6 is 0 Å². The molecule has 5 heteroatoms. The van der Waals surface area contributed by atoms with E-state index in [0.717, 1.165) is 12.1 Å². The fraction of sp³-hybridized carbons (Fsp3) is 0.300. The fourth-order valence-corrected chi connectivity index (χ4v) is 2.26. The Bertz CT molecular complexity index is 739. The Morgan fingerprint density at radius 3 is 2.40 bits per heavy atom. The Labute approximate surface area is 148 Å². The van der Waals surface area contributed by atoms with Crippen LogP contribution in [0, 0.1) is 0 Å². The van der Waals surface area contributed by atoms with E-state index in [4.69, 9.17) is 4.74 Å². The molecule has 2 aromatic rings. The predicted molar refractivity (Wildman–Crippen MR) is 100 cm³/mol. The first kappa shape index (κ1) is 18.5. The molecule has 0 unspecified atom stereocenters. The molecule has 2 aromatic carbocycles. The number of rotatable bonds is 6. The molecule has 1 atom stereocenters. The molecule has 0 heterocycles. The maximum absolute atomic E-state index is 12.2. The molecule has 0 aliphatic rings. The van der Waals surface area contributed by atoms with Crippen molar-refractivity contribution in [3.05, 3.63) is 59.7 Å². The van der Waals surface area contributed by atoms with Crippen LogP contribution in [0.5, 0.6) is 0 Å². The highest BCUT2D eigenvalue weighted by Crippen LogP contribution is 2.15. The van der Waals surface area contributed by atoms with E-state index in [1.165, 1.54) is 5.56 Å². The molecule has 1 N–H and O–H groups in total. The van der Waals surface area contributed by atoms with Crippen molar-refractivity contribution < 1.29 is 14.3 Å². The van der Waals surface area contributed by atoms with Crippen LogP contribution in [0.25, 0.3) is 0 Å². The lowest BCUT2D eigenvalue weighted by Gasteiger charge is -2.16. The molecule has 0 spiro atoms. The number of esters is 1. The van der Waals surface area contributed by atoms with E-state index in [9.17, 15) is 9.59 Å². The number of carbonyl (C=O) groups is 2. The summed E-state index contributed by atoms with van der Waals surface area (Å²) in [5.41, 5.74) is 3.18. The van der Waals surface area contributed by atoms with Gasteiger partial charge in [0.05, 0.1) is 5.56 Å². The van der Waals surface area contributed by atoms with Gasteiger partial charge in [-0.3, -0.25) is 4.79 Å². The third kappa shape index (κ3) is 5.08. The van der Waals surface area contributed by atoms with Crippen molar-refractivity contribution in [2.45, 2.75) is 26.4 Å². The minimum atomic E-state index is -0.888. The molecular formula is C20H24N2O3. The summed E-state index contributed by atoms with van der Waals surface area (Å²) in [6.45, 7) is 3.63. The molecule has 25 heavy (non-hydrogen) atoms. The monoisotopic (exact) mass is 340 g/mol. The minimum Gasteiger partial charge on any atom is -0.449 e. The van der Waals surface area contributed by atoms with Gasteiger partial charge in [0.1, 0.15) is 0 Å². The van der Waals surface area contributed by atoms with Gasteiger partial charge in [-0.1, -0.05) is 25.1 Å². The van der Waals surface area contributed by atoms with Crippen LogP contribution in [-0.4, -0.2) is 32.1 Å². The molecule has 0 radical (unpaired) electrons. The summed E-state index contributed by atoms with van der Waals surface area (Å²) in [6.07, 6.45) is 0.0511. The van der Waals surface area contributed by atoms with Gasteiger partial charge in [0.25, 0.3) is 5.91 Å². The number of carbonyl (C=O) groups excluding carboxylic acids is 2. The average molecular weight is 340 g/mol. The molecule has 0 aliphatic carbocycles. The molecular weight excluding hydrogens is 316 g/mol.